The molecule has 2 atom stereocenters. The molecule has 2 saturated heterocycles. The quantitative estimate of drug-likeness (QED) is 0.617. The summed E-state index contributed by atoms with van der Waals surface area (Å²) in [4.78, 5) is 0. The van der Waals surface area contributed by atoms with E-state index >= 15 is 0 Å². The van der Waals surface area contributed by atoms with Crippen LogP contribution in [0.25, 0.3) is 0 Å². The number of halogens is 1. The molecule has 0 aromatic carbocycles. The molecule has 3 nitrogen and oxygen atoms in total. The predicted octanol–water partition coefficient (Wildman–Crippen LogP) is 0.0623. The van der Waals surface area contributed by atoms with Crippen LogP contribution in [0.1, 0.15) is 6.42 Å². The Morgan fingerprint density at radius 1 is 1.17 bits per heavy atom. The summed E-state index contributed by atoms with van der Waals surface area (Å²) in [7, 11) is -2.67. The highest BCUT2D eigenvalue weighted by Gasteiger charge is 2.38. The van der Waals surface area contributed by atoms with E-state index < -0.39 is 9.84 Å². The van der Waals surface area contributed by atoms with E-state index in [2.05, 4.69) is 5.32 Å². The normalized spacial score (nSPS) is 38.3. The summed E-state index contributed by atoms with van der Waals surface area (Å²) in [5.74, 6) is 1.74. The summed E-state index contributed by atoms with van der Waals surface area (Å²) in [6.07, 6.45) is 1.05. The highest BCUT2D eigenvalue weighted by molar-refractivity contribution is 7.91. The number of sulfone groups is 1. The lowest BCUT2D eigenvalue weighted by Crippen LogP contribution is -2.35. The Hall–Kier alpha value is 0.200. The van der Waals surface area contributed by atoms with Gasteiger partial charge in [-0.15, -0.1) is 12.4 Å². The van der Waals surface area contributed by atoms with Gasteiger partial charge in [-0.1, -0.05) is 0 Å². The van der Waals surface area contributed by atoms with Crippen molar-refractivity contribution in [2.24, 2.45) is 11.8 Å². The van der Waals surface area contributed by atoms with Gasteiger partial charge in [0.25, 0.3) is 0 Å². The summed E-state index contributed by atoms with van der Waals surface area (Å²) in [6, 6.07) is 0. The van der Waals surface area contributed by atoms with Crippen LogP contribution in [0.2, 0.25) is 0 Å². The summed E-state index contributed by atoms with van der Waals surface area (Å²) in [5, 5.41) is 3.23. The number of fused-ring (bicyclic) bond motifs is 1. The topological polar surface area (TPSA) is 46.2 Å². The minimum absolute atomic E-state index is 0. The number of rotatable bonds is 0. The van der Waals surface area contributed by atoms with Crippen molar-refractivity contribution in [3.05, 3.63) is 0 Å². The first kappa shape index (κ1) is 10.3. The highest BCUT2D eigenvalue weighted by Crippen LogP contribution is 2.29. The summed E-state index contributed by atoms with van der Waals surface area (Å²) < 4.78 is 22.3. The van der Waals surface area contributed by atoms with Crippen molar-refractivity contribution >= 4 is 22.2 Å². The fourth-order valence-electron chi connectivity index (χ4n) is 2.11. The van der Waals surface area contributed by atoms with Gasteiger partial charge in [0.05, 0.1) is 11.5 Å². The van der Waals surface area contributed by atoms with Gasteiger partial charge in [-0.25, -0.2) is 8.42 Å². The van der Waals surface area contributed by atoms with E-state index in [9.17, 15) is 8.42 Å². The van der Waals surface area contributed by atoms with Gasteiger partial charge in [-0.2, -0.15) is 0 Å². The van der Waals surface area contributed by atoms with Crippen molar-refractivity contribution in [1.29, 1.82) is 0 Å². The maximum Gasteiger partial charge on any atom is 0.150 e. The van der Waals surface area contributed by atoms with Crippen molar-refractivity contribution in [3.63, 3.8) is 0 Å². The molecule has 2 aliphatic rings. The second kappa shape index (κ2) is 3.52. The molecule has 1 N–H and O–H groups in total. The van der Waals surface area contributed by atoms with Gasteiger partial charge in [0.1, 0.15) is 0 Å². The van der Waals surface area contributed by atoms with E-state index in [0.717, 1.165) is 19.5 Å². The third kappa shape index (κ3) is 1.92. The molecule has 0 radical (unpaired) electrons. The molecule has 2 fully saturated rings. The molecule has 0 aliphatic carbocycles. The van der Waals surface area contributed by atoms with Gasteiger partial charge < -0.3 is 5.32 Å². The van der Waals surface area contributed by atoms with E-state index in [0.29, 0.717) is 23.3 Å². The number of hydrogen-bond acceptors (Lipinski definition) is 3. The lowest BCUT2D eigenvalue weighted by molar-refractivity contribution is 0.318. The Bertz CT molecular complexity index is 232. The molecule has 72 valence electrons. The van der Waals surface area contributed by atoms with E-state index in [1.54, 1.807) is 0 Å². The minimum atomic E-state index is -2.67. The standard InChI is InChI=1S/C7H13NO2S.ClH/c9-11(10)4-6-1-2-8-3-7(6)5-11;/h6-8H,1-5H2;1H/t6-,7-;/m0./s1. The SMILES string of the molecule is Cl.O=S1(=O)C[C@@H]2CCNC[C@H]2C1. The monoisotopic (exact) mass is 211 g/mol. The highest BCUT2D eigenvalue weighted by atomic mass is 35.5. The average Bonchev–Trinajstić information content (AvgIpc) is 2.21. The number of piperidine rings is 1. The smallest absolute Gasteiger partial charge is 0.150 e. The zero-order valence-corrected chi connectivity index (χ0v) is 8.46. The molecule has 0 amide bonds. The fourth-order valence-corrected chi connectivity index (χ4v) is 4.38. The third-order valence-electron chi connectivity index (χ3n) is 2.70. The van der Waals surface area contributed by atoms with Crippen molar-refractivity contribution in [3.8, 4) is 0 Å². The molecule has 0 unspecified atom stereocenters. The van der Waals surface area contributed by atoms with Gasteiger partial charge in [0.2, 0.25) is 0 Å². The summed E-state index contributed by atoms with van der Waals surface area (Å²) >= 11 is 0. The van der Waals surface area contributed by atoms with E-state index in [1.165, 1.54) is 0 Å². The molecule has 0 spiro atoms. The first-order valence-corrected chi connectivity index (χ1v) is 5.91. The van der Waals surface area contributed by atoms with Crippen LogP contribution >= 0.6 is 12.4 Å². The van der Waals surface area contributed by atoms with E-state index in [-0.39, 0.29) is 12.4 Å². The van der Waals surface area contributed by atoms with Crippen LogP contribution in [0.5, 0.6) is 0 Å². The van der Waals surface area contributed by atoms with Gasteiger partial charge in [0.15, 0.2) is 9.84 Å². The van der Waals surface area contributed by atoms with E-state index in [1.807, 2.05) is 0 Å². The molecule has 0 bridgehead atoms. The molecule has 0 aromatic heterocycles. The molecule has 2 aliphatic heterocycles. The Kier molecular flexibility index (Phi) is 3.01. The first-order chi connectivity index (χ1) is 5.17. The predicted molar refractivity (Wildman–Crippen MR) is 50.4 cm³/mol. The maximum absolute atomic E-state index is 11.2. The first-order valence-electron chi connectivity index (χ1n) is 4.08. The van der Waals surface area contributed by atoms with Crippen molar-refractivity contribution in [2.75, 3.05) is 24.6 Å². The van der Waals surface area contributed by atoms with Crippen molar-refractivity contribution in [2.45, 2.75) is 6.42 Å². The molecule has 2 heterocycles. The van der Waals surface area contributed by atoms with Gasteiger partial charge in [-0.05, 0) is 31.3 Å². The largest absolute Gasteiger partial charge is 0.316 e. The van der Waals surface area contributed by atoms with Crippen LogP contribution in [-0.4, -0.2) is 33.0 Å². The molecule has 0 aromatic rings. The molecule has 5 heteroatoms. The second-order valence-electron chi connectivity index (χ2n) is 3.59. The Morgan fingerprint density at radius 2 is 1.83 bits per heavy atom. The van der Waals surface area contributed by atoms with Gasteiger partial charge >= 0.3 is 0 Å². The van der Waals surface area contributed by atoms with Crippen LogP contribution in [0.4, 0.5) is 0 Å². The molecule has 2 rings (SSSR count). The van der Waals surface area contributed by atoms with Gasteiger partial charge in [-0.3, -0.25) is 0 Å². The molecule has 0 saturated carbocycles. The maximum atomic E-state index is 11.2. The Balaban J connectivity index is 0.000000720. The van der Waals surface area contributed by atoms with Crippen LogP contribution in [0.3, 0.4) is 0 Å². The zero-order chi connectivity index (χ0) is 7.90. The van der Waals surface area contributed by atoms with Crippen LogP contribution in [0.15, 0.2) is 0 Å². The fraction of sp³-hybridized carbons (Fsp3) is 1.00. The average molecular weight is 212 g/mol. The Morgan fingerprint density at radius 3 is 2.50 bits per heavy atom. The van der Waals surface area contributed by atoms with Crippen LogP contribution in [0, 0.1) is 11.8 Å². The van der Waals surface area contributed by atoms with Crippen LogP contribution in [-0.2, 0) is 9.84 Å². The number of nitrogens with one attached hydrogen (secondary N) is 1. The van der Waals surface area contributed by atoms with Crippen molar-refractivity contribution in [1.82, 2.24) is 5.32 Å². The molecular formula is C7H14ClNO2S. The van der Waals surface area contributed by atoms with Crippen LogP contribution < -0.4 is 5.32 Å². The molecular weight excluding hydrogens is 198 g/mol. The third-order valence-corrected chi connectivity index (χ3v) is 4.57. The lowest BCUT2D eigenvalue weighted by atomic mass is 9.90. The van der Waals surface area contributed by atoms with Crippen molar-refractivity contribution < 1.29 is 8.42 Å². The Labute approximate surface area is 79.2 Å². The second-order valence-corrected chi connectivity index (χ2v) is 5.74. The number of hydrogen-bond donors (Lipinski definition) is 1. The van der Waals surface area contributed by atoms with E-state index in [4.69, 9.17) is 0 Å². The molecule has 12 heavy (non-hydrogen) atoms. The zero-order valence-electron chi connectivity index (χ0n) is 6.82. The lowest BCUT2D eigenvalue weighted by Gasteiger charge is -2.23. The summed E-state index contributed by atoms with van der Waals surface area (Å²) in [6.45, 7) is 1.90. The summed E-state index contributed by atoms with van der Waals surface area (Å²) in [5.41, 5.74) is 0. The van der Waals surface area contributed by atoms with Gasteiger partial charge in [0, 0.05) is 0 Å². The minimum Gasteiger partial charge on any atom is -0.316 e.